The van der Waals surface area contributed by atoms with E-state index < -0.39 is 36.9 Å². The van der Waals surface area contributed by atoms with Crippen molar-refractivity contribution in [3.05, 3.63) is 5.69 Å². The van der Waals surface area contributed by atoms with Crippen LogP contribution in [0, 0.1) is 0 Å². The number of nitrogens with zero attached hydrogens (tertiary/aromatic N) is 5. The summed E-state index contributed by atoms with van der Waals surface area (Å²) in [6, 6.07) is 0. The maximum Gasteiger partial charge on any atom is 0.215 e. The normalized spacial score (nSPS) is 37.4. The molecule has 1 aromatic rings. The SMILES string of the molecule is CN(C)C1(N)N=CNc2c1nnn2[C@@H]1O[C@H](CO)[C@@H](O)[C@H]1O. The fourth-order valence-corrected chi connectivity index (χ4v) is 2.52. The molecule has 0 bridgehead atoms. The smallest absolute Gasteiger partial charge is 0.215 e. The molecule has 1 aromatic heterocycles. The number of aromatic nitrogens is 3. The zero-order chi connectivity index (χ0) is 16.1. The monoisotopic (exact) mass is 313 g/mol. The molecule has 2 aliphatic heterocycles. The molecule has 1 unspecified atom stereocenters. The molecule has 1 saturated heterocycles. The van der Waals surface area contributed by atoms with Gasteiger partial charge in [0.1, 0.15) is 18.3 Å². The van der Waals surface area contributed by atoms with Crippen LogP contribution in [-0.2, 0) is 10.5 Å². The lowest BCUT2D eigenvalue weighted by Crippen LogP contribution is -2.50. The Bertz CT molecular complexity index is 591. The molecule has 3 rings (SSSR count). The summed E-state index contributed by atoms with van der Waals surface area (Å²) in [4.78, 5) is 5.83. The number of aliphatic hydroxyl groups excluding tert-OH is 3. The van der Waals surface area contributed by atoms with Crippen molar-refractivity contribution in [1.82, 2.24) is 19.9 Å². The van der Waals surface area contributed by atoms with E-state index in [-0.39, 0.29) is 0 Å². The van der Waals surface area contributed by atoms with Crippen LogP contribution in [0.4, 0.5) is 5.82 Å². The average Bonchev–Trinajstić information content (AvgIpc) is 3.03. The van der Waals surface area contributed by atoms with Crippen molar-refractivity contribution >= 4 is 12.2 Å². The van der Waals surface area contributed by atoms with Crippen LogP contribution in [0.25, 0.3) is 0 Å². The molecule has 2 aliphatic rings. The maximum absolute atomic E-state index is 10.1. The number of hydrogen-bond acceptors (Lipinski definition) is 10. The van der Waals surface area contributed by atoms with Gasteiger partial charge in [-0.2, -0.15) is 4.68 Å². The van der Waals surface area contributed by atoms with Gasteiger partial charge in [0, 0.05) is 0 Å². The lowest BCUT2D eigenvalue weighted by atomic mass is 10.1. The van der Waals surface area contributed by atoms with Gasteiger partial charge in [0.25, 0.3) is 0 Å². The van der Waals surface area contributed by atoms with Gasteiger partial charge in [-0.25, -0.2) is 4.99 Å². The summed E-state index contributed by atoms with van der Waals surface area (Å²) in [6.07, 6.45) is -2.95. The van der Waals surface area contributed by atoms with E-state index in [9.17, 15) is 10.2 Å². The highest BCUT2D eigenvalue weighted by atomic mass is 16.6. The van der Waals surface area contributed by atoms with Gasteiger partial charge in [-0.15, -0.1) is 5.10 Å². The number of nitrogens with one attached hydrogen (secondary N) is 1. The summed E-state index contributed by atoms with van der Waals surface area (Å²) in [5.41, 5.74) is 6.58. The third-order valence-electron chi connectivity index (χ3n) is 3.95. The highest BCUT2D eigenvalue weighted by Crippen LogP contribution is 2.35. The van der Waals surface area contributed by atoms with Gasteiger partial charge in [0.05, 0.1) is 12.9 Å². The molecule has 22 heavy (non-hydrogen) atoms. The first-order valence-electron chi connectivity index (χ1n) is 6.74. The van der Waals surface area contributed by atoms with E-state index in [0.29, 0.717) is 11.5 Å². The quantitative estimate of drug-likeness (QED) is 0.367. The standard InChI is InChI=1S/C11H19N7O4/c1-17(2)11(12)8-9(13-4-14-11)18(16-15-8)10-7(21)6(20)5(3-19)22-10/h4-7,10,19-21H,3,12H2,1-2H3,(H,13,14)/t5-,6-,7-,10-,11?/m1/s1. The van der Waals surface area contributed by atoms with Gasteiger partial charge in [0.15, 0.2) is 17.7 Å². The maximum atomic E-state index is 10.1. The topological polar surface area (TPSA) is 154 Å². The van der Waals surface area contributed by atoms with Crippen LogP contribution >= 0.6 is 0 Å². The lowest BCUT2D eigenvalue weighted by molar-refractivity contribution is -0.0583. The van der Waals surface area contributed by atoms with E-state index in [1.165, 1.54) is 11.0 Å². The molecular formula is C11H19N7O4. The van der Waals surface area contributed by atoms with Crippen molar-refractivity contribution < 1.29 is 20.1 Å². The van der Waals surface area contributed by atoms with Gasteiger partial charge in [-0.05, 0) is 14.1 Å². The highest BCUT2D eigenvalue weighted by Gasteiger charge is 2.47. The van der Waals surface area contributed by atoms with E-state index in [0.717, 1.165) is 0 Å². The molecule has 0 aliphatic carbocycles. The fraction of sp³-hybridized carbons (Fsp3) is 0.727. The highest BCUT2D eigenvalue weighted by molar-refractivity contribution is 5.78. The number of fused-ring (bicyclic) bond motifs is 1. The molecule has 1 fully saturated rings. The van der Waals surface area contributed by atoms with E-state index in [1.807, 2.05) is 0 Å². The van der Waals surface area contributed by atoms with Crippen LogP contribution in [0.15, 0.2) is 4.99 Å². The Morgan fingerprint density at radius 2 is 2.18 bits per heavy atom. The number of anilines is 1. The second kappa shape index (κ2) is 5.22. The van der Waals surface area contributed by atoms with Crippen LogP contribution in [0.5, 0.6) is 0 Å². The van der Waals surface area contributed by atoms with Crippen LogP contribution in [-0.4, -0.2) is 80.6 Å². The van der Waals surface area contributed by atoms with Gasteiger partial charge in [-0.3, -0.25) is 10.6 Å². The number of rotatable bonds is 3. The first kappa shape index (κ1) is 15.3. The molecule has 0 aromatic carbocycles. The van der Waals surface area contributed by atoms with Gasteiger partial charge < -0.3 is 25.4 Å². The van der Waals surface area contributed by atoms with E-state index in [2.05, 4.69) is 20.6 Å². The van der Waals surface area contributed by atoms with E-state index >= 15 is 0 Å². The third-order valence-corrected chi connectivity index (χ3v) is 3.95. The minimum absolute atomic E-state index is 0.359. The molecule has 122 valence electrons. The molecule has 3 heterocycles. The third kappa shape index (κ3) is 2.02. The van der Waals surface area contributed by atoms with Crippen molar-refractivity contribution in [3.8, 4) is 0 Å². The second-order valence-electron chi connectivity index (χ2n) is 5.48. The first-order chi connectivity index (χ1) is 10.4. The van der Waals surface area contributed by atoms with Crippen molar-refractivity contribution in [1.29, 1.82) is 0 Å². The average molecular weight is 313 g/mol. The van der Waals surface area contributed by atoms with E-state index in [1.54, 1.807) is 19.0 Å². The van der Waals surface area contributed by atoms with Gasteiger partial charge >= 0.3 is 0 Å². The lowest BCUT2D eigenvalue weighted by Gasteiger charge is -2.33. The number of nitrogens with two attached hydrogens (primary N) is 1. The minimum atomic E-state index is -1.25. The molecule has 0 amide bonds. The predicted octanol–water partition coefficient (Wildman–Crippen LogP) is -3.03. The second-order valence-corrected chi connectivity index (χ2v) is 5.48. The van der Waals surface area contributed by atoms with Gasteiger partial charge in [0.2, 0.25) is 5.79 Å². The Balaban J connectivity index is 1.98. The Labute approximate surface area is 126 Å². The summed E-state index contributed by atoms with van der Waals surface area (Å²) >= 11 is 0. The molecule has 5 atom stereocenters. The van der Waals surface area contributed by atoms with Crippen molar-refractivity contribution in [2.45, 2.75) is 30.3 Å². The number of aliphatic imine (C=N–C) groups is 1. The molecule has 11 heteroatoms. The fourth-order valence-electron chi connectivity index (χ4n) is 2.52. The van der Waals surface area contributed by atoms with Crippen LogP contribution in [0.2, 0.25) is 0 Å². The predicted molar refractivity (Wildman–Crippen MR) is 74.7 cm³/mol. The Morgan fingerprint density at radius 1 is 1.45 bits per heavy atom. The van der Waals surface area contributed by atoms with Crippen molar-refractivity contribution in [2.75, 3.05) is 26.0 Å². The van der Waals surface area contributed by atoms with Crippen molar-refractivity contribution in [3.63, 3.8) is 0 Å². The van der Waals surface area contributed by atoms with Crippen LogP contribution in [0.1, 0.15) is 11.9 Å². The Morgan fingerprint density at radius 3 is 2.77 bits per heavy atom. The summed E-state index contributed by atoms with van der Waals surface area (Å²) < 4.78 is 6.73. The molecule has 6 N–H and O–H groups in total. The zero-order valence-corrected chi connectivity index (χ0v) is 12.2. The molecule has 0 spiro atoms. The first-order valence-corrected chi connectivity index (χ1v) is 6.74. The van der Waals surface area contributed by atoms with Crippen LogP contribution in [0.3, 0.4) is 0 Å². The van der Waals surface area contributed by atoms with Crippen LogP contribution < -0.4 is 11.1 Å². The number of aliphatic hydroxyl groups is 3. The van der Waals surface area contributed by atoms with Gasteiger partial charge in [-0.1, -0.05) is 5.21 Å². The minimum Gasteiger partial charge on any atom is -0.394 e. The molecule has 0 radical (unpaired) electrons. The largest absolute Gasteiger partial charge is 0.394 e. The van der Waals surface area contributed by atoms with Crippen molar-refractivity contribution in [2.24, 2.45) is 10.7 Å². The summed E-state index contributed by atoms with van der Waals surface area (Å²) in [6.45, 7) is -0.418. The van der Waals surface area contributed by atoms with E-state index in [4.69, 9.17) is 15.6 Å². The molecule has 11 nitrogen and oxygen atoms in total. The summed E-state index contributed by atoms with van der Waals surface area (Å²) in [7, 11) is 3.50. The summed E-state index contributed by atoms with van der Waals surface area (Å²) in [5, 5.41) is 39.9. The number of hydrogen-bond donors (Lipinski definition) is 5. The Kier molecular flexibility index (Phi) is 3.63. The number of ether oxygens (including phenoxy) is 1. The Hall–Kier alpha value is -1.63. The molecule has 0 saturated carbocycles. The molecular weight excluding hydrogens is 294 g/mol. The summed E-state index contributed by atoms with van der Waals surface area (Å²) in [5.74, 6) is -0.793. The zero-order valence-electron chi connectivity index (χ0n) is 12.2.